The summed E-state index contributed by atoms with van der Waals surface area (Å²) in [6, 6.07) is 12.1. The van der Waals surface area contributed by atoms with Gasteiger partial charge in [-0.25, -0.2) is 9.59 Å². The van der Waals surface area contributed by atoms with Crippen molar-refractivity contribution in [2.75, 3.05) is 0 Å². The average Bonchev–Trinajstić information content (AvgIpc) is 3.34. The SMILES string of the molecule is CC(C)(C)OC(=O)N(C1CC1)C(C(=O)O)c1ccc2ccccc2c1. The van der Waals surface area contributed by atoms with Crippen LogP contribution in [0.5, 0.6) is 0 Å². The molecule has 0 spiro atoms. The molecular formula is C20H23NO4. The van der Waals surface area contributed by atoms with Crippen LogP contribution in [0.4, 0.5) is 4.79 Å². The molecule has 2 aromatic rings. The minimum atomic E-state index is -1.05. The van der Waals surface area contributed by atoms with E-state index in [9.17, 15) is 14.7 Å². The molecule has 5 heteroatoms. The highest BCUT2D eigenvalue weighted by Gasteiger charge is 2.43. The number of rotatable bonds is 4. The van der Waals surface area contributed by atoms with E-state index in [0.29, 0.717) is 5.56 Å². The number of hydrogen-bond acceptors (Lipinski definition) is 3. The summed E-state index contributed by atoms with van der Waals surface area (Å²) in [7, 11) is 0. The van der Waals surface area contributed by atoms with Gasteiger partial charge in [0, 0.05) is 6.04 Å². The van der Waals surface area contributed by atoms with Crippen molar-refractivity contribution >= 4 is 22.8 Å². The molecule has 1 atom stereocenters. The summed E-state index contributed by atoms with van der Waals surface area (Å²) in [5.41, 5.74) is -0.0830. The molecule has 1 fully saturated rings. The van der Waals surface area contributed by atoms with Crippen molar-refractivity contribution in [2.24, 2.45) is 0 Å². The first-order valence-corrected chi connectivity index (χ1v) is 8.49. The van der Waals surface area contributed by atoms with E-state index in [4.69, 9.17) is 4.74 Å². The van der Waals surface area contributed by atoms with Gasteiger partial charge in [0.1, 0.15) is 5.60 Å². The molecule has 1 amide bonds. The van der Waals surface area contributed by atoms with E-state index >= 15 is 0 Å². The summed E-state index contributed by atoms with van der Waals surface area (Å²) in [6.07, 6.45) is 1.03. The number of carboxylic acids is 1. The summed E-state index contributed by atoms with van der Waals surface area (Å²) >= 11 is 0. The maximum absolute atomic E-state index is 12.7. The zero-order valence-corrected chi connectivity index (χ0v) is 14.7. The number of ether oxygens (including phenoxy) is 1. The lowest BCUT2D eigenvalue weighted by molar-refractivity contribution is -0.143. The zero-order valence-electron chi connectivity index (χ0n) is 14.7. The third kappa shape index (κ3) is 3.92. The Kier molecular flexibility index (Phi) is 4.41. The highest BCUT2D eigenvalue weighted by Crippen LogP contribution is 2.36. The smallest absolute Gasteiger partial charge is 0.411 e. The first-order chi connectivity index (χ1) is 11.8. The van der Waals surface area contributed by atoms with Gasteiger partial charge in [0.05, 0.1) is 0 Å². The van der Waals surface area contributed by atoms with E-state index < -0.39 is 23.7 Å². The Hall–Kier alpha value is -2.56. The van der Waals surface area contributed by atoms with Crippen molar-refractivity contribution in [3.63, 3.8) is 0 Å². The molecule has 1 saturated carbocycles. The van der Waals surface area contributed by atoms with Gasteiger partial charge < -0.3 is 9.84 Å². The van der Waals surface area contributed by atoms with E-state index in [1.54, 1.807) is 26.8 Å². The molecule has 3 rings (SSSR count). The van der Waals surface area contributed by atoms with Crippen molar-refractivity contribution in [3.05, 3.63) is 48.0 Å². The van der Waals surface area contributed by atoms with E-state index in [1.165, 1.54) is 4.90 Å². The summed E-state index contributed by atoms with van der Waals surface area (Å²) < 4.78 is 5.46. The molecule has 0 heterocycles. The fourth-order valence-corrected chi connectivity index (χ4v) is 2.93. The lowest BCUT2D eigenvalue weighted by Gasteiger charge is -2.32. The lowest BCUT2D eigenvalue weighted by atomic mass is 10.0. The van der Waals surface area contributed by atoms with Gasteiger partial charge in [0.25, 0.3) is 0 Å². The van der Waals surface area contributed by atoms with Crippen LogP contribution in [-0.2, 0) is 9.53 Å². The highest BCUT2D eigenvalue weighted by molar-refractivity contribution is 5.87. The number of carbonyl (C=O) groups excluding carboxylic acids is 1. The number of carboxylic acid groups (broad SMARTS) is 1. The Balaban J connectivity index is 1.99. The summed E-state index contributed by atoms with van der Waals surface area (Å²) in [5, 5.41) is 11.8. The Labute approximate surface area is 147 Å². The van der Waals surface area contributed by atoms with Crippen molar-refractivity contribution in [3.8, 4) is 0 Å². The van der Waals surface area contributed by atoms with Gasteiger partial charge >= 0.3 is 12.1 Å². The largest absolute Gasteiger partial charge is 0.479 e. The Morgan fingerprint density at radius 3 is 2.32 bits per heavy atom. The van der Waals surface area contributed by atoms with Crippen LogP contribution in [0.25, 0.3) is 10.8 Å². The Bertz CT molecular complexity index is 805. The molecule has 1 aliphatic carbocycles. The summed E-state index contributed by atoms with van der Waals surface area (Å²) in [5.74, 6) is -1.05. The quantitative estimate of drug-likeness (QED) is 0.897. The van der Waals surface area contributed by atoms with Crippen LogP contribution in [-0.4, -0.2) is 33.7 Å². The number of aliphatic carboxylic acids is 1. The van der Waals surface area contributed by atoms with Gasteiger partial charge in [-0.1, -0.05) is 36.4 Å². The third-order valence-electron chi connectivity index (χ3n) is 4.15. The molecule has 0 bridgehead atoms. The molecular weight excluding hydrogens is 318 g/mol. The fraction of sp³-hybridized carbons (Fsp3) is 0.400. The molecule has 1 N–H and O–H groups in total. The second-order valence-electron chi connectivity index (χ2n) is 7.47. The minimum Gasteiger partial charge on any atom is -0.479 e. The van der Waals surface area contributed by atoms with Gasteiger partial charge in [-0.2, -0.15) is 0 Å². The van der Waals surface area contributed by atoms with Gasteiger partial charge in [0.2, 0.25) is 0 Å². The number of carbonyl (C=O) groups is 2. The van der Waals surface area contributed by atoms with Crippen LogP contribution >= 0.6 is 0 Å². The van der Waals surface area contributed by atoms with Crippen LogP contribution in [0.2, 0.25) is 0 Å². The number of benzene rings is 2. The molecule has 5 nitrogen and oxygen atoms in total. The molecule has 2 aromatic carbocycles. The first-order valence-electron chi connectivity index (χ1n) is 8.49. The van der Waals surface area contributed by atoms with Crippen LogP contribution in [0.3, 0.4) is 0 Å². The van der Waals surface area contributed by atoms with E-state index in [1.807, 2.05) is 36.4 Å². The summed E-state index contributed by atoms with van der Waals surface area (Å²) in [4.78, 5) is 26.1. The maximum atomic E-state index is 12.7. The Morgan fingerprint density at radius 1 is 1.12 bits per heavy atom. The van der Waals surface area contributed by atoms with Crippen LogP contribution in [0.1, 0.15) is 45.2 Å². The van der Waals surface area contributed by atoms with Gasteiger partial charge in [-0.15, -0.1) is 0 Å². The molecule has 25 heavy (non-hydrogen) atoms. The second kappa shape index (κ2) is 6.39. The van der Waals surface area contributed by atoms with E-state index in [-0.39, 0.29) is 6.04 Å². The second-order valence-corrected chi connectivity index (χ2v) is 7.47. The molecule has 0 radical (unpaired) electrons. The predicted molar refractivity (Wildman–Crippen MR) is 95.4 cm³/mol. The van der Waals surface area contributed by atoms with Crippen LogP contribution < -0.4 is 0 Å². The molecule has 0 saturated heterocycles. The van der Waals surface area contributed by atoms with Gasteiger partial charge in [-0.05, 0) is 56.0 Å². The number of nitrogens with zero attached hydrogens (tertiary/aromatic N) is 1. The van der Waals surface area contributed by atoms with Crippen LogP contribution in [0, 0.1) is 0 Å². The molecule has 1 unspecified atom stereocenters. The first kappa shape index (κ1) is 17.3. The maximum Gasteiger partial charge on any atom is 0.411 e. The normalized spacial score (nSPS) is 15.6. The van der Waals surface area contributed by atoms with Crippen LogP contribution in [0.15, 0.2) is 42.5 Å². The number of hydrogen-bond donors (Lipinski definition) is 1. The third-order valence-corrected chi connectivity index (χ3v) is 4.15. The number of fused-ring (bicyclic) bond motifs is 1. The highest BCUT2D eigenvalue weighted by atomic mass is 16.6. The zero-order chi connectivity index (χ0) is 18.2. The van der Waals surface area contributed by atoms with Gasteiger partial charge in [-0.3, -0.25) is 4.90 Å². The minimum absolute atomic E-state index is 0.0811. The topological polar surface area (TPSA) is 66.8 Å². The average molecular weight is 341 g/mol. The standard InChI is InChI=1S/C20H23NO4/c1-20(2,3)25-19(24)21(16-10-11-16)17(18(22)23)15-9-8-13-6-4-5-7-14(13)12-15/h4-9,12,16-17H,10-11H2,1-3H3,(H,22,23). The lowest BCUT2D eigenvalue weighted by Crippen LogP contribution is -2.43. The molecule has 1 aliphatic rings. The van der Waals surface area contributed by atoms with Crippen molar-refractivity contribution < 1.29 is 19.4 Å². The molecule has 132 valence electrons. The van der Waals surface area contributed by atoms with Crippen molar-refractivity contribution in [2.45, 2.75) is 51.3 Å². The summed E-state index contributed by atoms with van der Waals surface area (Å²) in [6.45, 7) is 5.34. The van der Waals surface area contributed by atoms with Crippen molar-refractivity contribution in [1.82, 2.24) is 4.90 Å². The molecule has 0 aliphatic heterocycles. The number of amides is 1. The van der Waals surface area contributed by atoms with E-state index in [0.717, 1.165) is 23.6 Å². The Morgan fingerprint density at radius 2 is 1.76 bits per heavy atom. The van der Waals surface area contributed by atoms with E-state index in [2.05, 4.69) is 0 Å². The van der Waals surface area contributed by atoms with Gasteiger partial charge in [0.15, 0.2) is 6.04 Å². The fourth-order valence-electron chi connectivity index (χ4n) is 2.93. The predicted octanol–water partition coefficient (Wildman–Crippen LogP) is 4.37. The van der Waals surface area contributed by atoms with Crippen molar-refractivity contribution in [1.29, 1.82) is 0 Å². The molecule has 0 aromatic heterocycles. The monoisotopic (exact) mass is 341 g/mol.